The Labute approximate surface area is 267 Å². The minimum absolute atomic E-state index is 0.0423. The van der Waals surface area contributed by atoms with Gasteiger partial charge in [-0.1, -0.05) is 91.3 Å². The summed E-state index contributed by atoms with van der Waals surface area (Å²) >= 11 is 0. The molecule has 0 aliphatic carbocycles. The monoisotopic (exact) mass is 651 g/mol. The van der Waals surface area contributed by atoms with Crippen LogP contribution in [0.2, 0.25) is 0 Å². The van der Waals surface area contributed by atoms with Crippen LogP contribution >= 0.6 is 0 Å². The maximum atomic E-state index is 14.4. The largest absolute Gasteiger partial charge is 0.416 e. The van der Waals surface area contributed by atoms with Gasteiger partial charge >= 0.3 is 6.18 Å². The predicted octanol–water partition coefficient (Wildman–Crippen LogP) is 6.38. The van der Waals surface area contributed by atoms with Crippen LogP contribution in [0.25, 0.3) is 0 Å². The van der Waals surface area contributed by atoms with Gasteiger partial charge in [-0.2, -0.15) is 13.2 Å². The van der Waals surface area contributed by atoms with E-state index in [1.54, 1.807) is 12.1 Å². The van der Waals surface area contributed by atoms with Gasteiger partial charge in [0.1, 0.15) is 12.6 Å². The first-order chi connectivity index (χ1) is 21.9. The molecule has 2 amide bonds. The fourth-order valence-corrected chi connectivity index (χ4v) is 6.44. The van der Waals surface area contributed by atoms with E-state index in [1.165, 1.54) is 35.2 Å². The fraction of sp³-hybridized carbons (Fsp3) is 0.257. The first-order valence-corrected chi connectivity index (χ1v) is 16.3. The summed E-state index contributed by atoms with van der Waals surface area (Å²) in [5, 5.41) is 2.86. The SMILES string of the molecule is CCCNC(=O)[C@H](Cc1ccccc1)N(Cc1cccc(C)c1)C(=O)CN(c1cccc(C(F)(F)F)c1)S(=O)(=O)c1ccccc1. The molecule has 242 valence electrons. The summed E-state index contributed by atoms with van der Waals surface area (Å²) in [5.74, 6) is -1.19. The van der Waals surface area contributed by atoms with Crippen molar-refractivity contribution in [3.05, 3.63) is 131 Å². The first kappa shape index (κ1) is 34.2. The molecule has 1 atom stereocenters. The van der Waals surface area contributed by atoms with Crippen LogP contribution in [0.1, 0.15) is 35.6 Å². The van der Waals surface area contributed by atoms with E-state index < -0.39 is 46.2 Å². The summed E-state index contributed by atoms with van der Waals surface area (Å²) in [4.78, 5) is 29.2. The van der Waals surface area contributed by atoms with Crippen LogP contribution in [-0.2, 0) is 38.8 Å². The van der Waals surface area contributed by atoms with Crippen molar-refractivity contribution in [2.24, 2.45) is 0 Å². The average molecular weight is 652 g/mol. The number of rotatable bonds is 13. The number of benzene rings is 4. The van der Waals surface area contributed by atoms with E-state index in [-0.39, 0.29) is 23.5 Å². The van der Waals surface area contributed by atoms with E-state index >= 15 is 0 Å². The van der Waals surface area contributed by atoms with Gasteiger partial charge in [0.25, 0.3) is 10.0 Å². The number of amides is 2. The molecule has 4 aromatic carbocycles. The molecular weight excluding hydrogens is 615 g/mol. The smallest absolute Gasteiger partial charge is 0.354 e. The maximum absolute atomic E-state index is 14.4. The molecule has 0 heterocycles. The summed E-state index contributed by atoms with van der Waals surface area (Å²) in [7, 11) is -4.53. The van der Waals surface area contributed by atoms with E-state index in [4.69, 9.17) is 0 Å². The Hall–Kier alpha value is -4.64. The van der Waals surface area contributed by atoms with Crippen LogP contribution in [0, 0.1) is 6.92 Å². The number of alkyl halides is 3. The van der Waals surface area contributed by atoms with Crippen molar-refractivity contribution in [3.8, 4) is 0 Å². The molecule has 4 aromatic rings. The number of carbonyl (C=O) groups is 2. The third-order valence-electron chi connectivity index (χ3n) is 7.33. The molecule has 11 heteroatoms. The second-order valence-corrected chi connectivity index (χ2v) is 12.7. The number of halogens is 3. The second kappa shape index (κ2) is 15.1. The van der Waals surface area contributed by atoms with E-state index in [0.717, 1.165) is 23.3 Å². The molecule has 0 saturated carbocycles. The number of aryl methyl sites for hydroxylation is 1. The van der Waals surface area contributed by atoms with Gasteiger partial charge in [-0.3, -0.25) is 13.9 Å². The van der Waals surface area contributed by atoms with Crippen LogP contribution < -0.4 is 9.62 Å². The summed E-state index contributed by atoms with van der Waals surface area (Å²) in [6.07, 6.45) is -3.98. The molecule has 1 N–H and O–H groups in total. The third kappa shape index (κ3) is 8.75. The van der Waals surface area contributed by atoms with Crippen molar-refractivity contribution in [1.29, 1.82) is 0 Å². The number of sulfonamides is 1. The predicted molar refractivity (Wildman–Crippen MR) is 171 cm³/mol. The summed E-state index contributed by atoms with van der Waals surface area (Å²) in [6.45, 7) is 3.24. The summed E-state index contributed by atoms with van der Waals surface area (Å²) in [6, 6.07) is 26.4. The number of anilines is 1. The van der Waals surface area contributed by atoms with Crippen molar-refractivity contribution in [2.45, 2.75) is 50.3 Å². The van der Waals surface area contributed by atoms with Crippen molar-refractivity contribution in [1.82, 2.24) is 10.2 Å². The number of carbonyl (C=O) groups excluding carboxylic acids is 2. The molecule has 0 spiro atoms. The van der Waals surface area contributed by atoms with Gasteiger partial charge in [0.05, 0.1) is 16.1 Å². The second-order valence-electron chi connectivity index (χ2n) is 10.9. The number of hydrogen-bond donors (Lipinski definition) is 1. The van der Waals surface area contributed by atoms with Gasteiger partial charge in [0.15, 0.2) is 0 Å². The molecule has 0 bridgehead atoms. The van der Waals surface area contributed by atoms with Crippen LogP contribution in [-0.4, -0.2) is 44.3 Å². The molecule has 0 aliphatic rings. The standard InChI is InChI=1S/C35H36F3N3O4S/c1-3-20-39-34(43)32(22-27-13-6-4-7-14-27)40(24-28-15-10-12-26(2)21-28)33(42)25-41(46(44,45)31-18-8-5-9-19-31)30-17-11-16-29(23-30)35(36,37)38/h4-19,21,23,32H,3,20,22,24-25H2,1-2H3,(H,39,43)/t32-/m0/s1. The molecule has 0 aliphatic heterocycles. The molecule has 0 aromatic heterocycles. The Morgan fingerprint density at radius 2 is 1.46 bits per heavy atom. The van der Waals surface area contributed by atoms with Gasteiger partial charge in [-0.15, -0.1) is 0 Å². The Morgan fingerprint density at radius 3 is 2.09 bits per heavy atom. The van der Waals surface area contributed by atoms with Crippen LogP contribution in [0.4, 0.5) is 18.9 Å². The van der Waals surface area contributed by atoms with Crippen LogP contribution in [0.15, 0.2) is 114 Å². The lowest BCUT2D eigenvalue weighted by Gasteiger charge is -2.34. The Kier molecular flexibility index (Phi) is 11.2. The van der Waals surface area contributed by atoms with Crippen molar-refractivity contribution in [3.63, 3.8) is 0 Å². The molecule has 46 heavy (non-hydrogen) atoms. The lowest BCUT2D eigenvalue weighted by atomic mass is 10.0. The molecule has 0 unspecified atom stereocenters. The number of hydrogen-bond acceptors (Lipinski definition) is 4. The lowest BCUT2D eigenvalue weighted by molar-refractivity contribution is -0.140. The lowest BCUT2D eigenvalue weighted by Crippen LogP contribution is -2.53. The minimum atomic E-state index is -4.75. The van der Waals surface area contributed by atoms with Crippen LogP contribution in [0.3, 0.4) is 0 Å². The van der Waals surface area contributed by atoms with E-state index in [1.807, 2.05) is 62.4 Å². The van der Waals surface area contributed by atoms with Gasteiger partial charge in [-0.25, -0.2) is 8.42 Å². The zero-order valence-corrected chi connectivity index (χ0v) is 26.4. The molecule has 4 rings (SSSR count). The molecule has 0 fully saturated rings. The Morgan fingerprint density at radius 1 is 0.826 bits per heavy atom. The quantitative estimate of drug-likeness (QED) is 0.182. The highest BCUT2D eigenvalue weighted by Crippen LogP contribution is 2.33. The first-order valence-electron chi connectivity index (χ1n) is 14.8. The number of nitrogens with zero attached hydrogens (tertiary/aromatic N) is 2. The zero-order valence-electron chi connectivity index (χ0n) is 25.6. The average Bonchev–Trinajstić information content (AvgIpc) is 3.04. The topological polar surface area (TPSA) is 86.8 Å². The van der Waals surface area contributed by atoms with E-state index in [2.05, 4.69) is 5.32 Å². The zero-order chi connectivity index (χ0) is 33.3. The van der Waals surface area contributed by atoms with E-state index in [9.17, 15) is 31.2 Å². The highest BCUT2D eigenvalue weighted by Gasteiger charge is 2.36. The summed E-state index contributed by atoms with van der Waals surface area (Å²) in [5.41, 5.74) is 0.983. The van der Waals surface area contributed by atoms with Gasteiger partial charge in [0.2, 0.25) is 11.8 Å². The Balaban J connectivity index is 1.83. The van der Waals surface area contributed by atoms with Crippen molar-refractivity contribution < 1.29 is 31.2 Å². The van der Waals surface area contributed by atoms with Gasteiger partial charge in [0, 0.05) is 19.5 Å². The fourth-order valence-electron chi connectivity index (χ4n) is 5.01. The highest BCUT2D eigenvalue weighted by molar-refractivity contribution is 7.92. The molecule has 0 saturated heterocycles. The highest BCUT2D eigenvalue weighted by atomic mass is 32.2. The van der Waals surface area contributed by atoms with Crippen molar-refractivity contribution in [2.75, 3.05) is 17.4 Å². The third-order valence-corrected chi connectivity index (χ3v) is 9.12. The van der Waals surface area contributed by atoms with Crippen LogP contribution in [0.5, 0.6) is 0 Å². The van der Waals surface area contributed by atoms with Gasteiger partial charge < -0.3 is 10.2 Å². The molecule has 0 radical (unpaired) electrons. The normalized spacial score (nSPS) is 12.3. The molecule has 7 nitrogen and oxygen atoms in total. The van der Waals surface area contributed by atoms with Crippen molar-refractivity contribution >= 4 is 27.5 Å². The Bertz CT molecular complexity index is 1730. The minimum Gasteiger partial charge on any atom is -0.354 e. The number of nitrogens with one attached hydrogen (secondary N) is 1. The van der Waals surface area contributed by atoms with Gasteiger partial charge in [-0.05, 0) is 54.8 Å². The van der Waals surface area contributed by atoms with E-state index in [0.29, 0.717) is 28.9 Å². The summed E-state index contributed by atoms with van der Waals surface area (Å²) < 4.78 is 69.8. The molecular formula is C35H36F3N3O4S. The maximum Gasteiger partial charge on any atom is 0.416 e.